The van der Waals surface area contributed by atoms with E-state index < -0.39 is 14.6 Å². The van der Waals surface area contributed by atoms with E-state index in [0.29, 0.717) is 0 Å². The van der Waals surface area contributed by atoms with Gasteiger partial charge in [0.15, 0.2) is 9.84 Å². The minimum atomic E-state index is -3.14. The summed E-state index contributed by atoms with van der Waals surface area (Å²) in [6.45, 7) is 5.53. The summed E-state index contributed by atoms with van der Waals surface area (Å²) in [5.74, 6) is 0. The predicted molar refractivity (Wildman–Crippen MR) is 77.5 cm³/mol. The largest absolute Gasteiger partial charge is 0.311 e. The van der Waals surface area contributed by atoms with E-state index in [1.54, 1.807) is 32.2 Å². The molecule has 1 heterocycles. The van der Waals surface area contributed by atoms with Crippen LogP contribution in [-0.2, 0) is 9.84 Å². The molecule has 0 saturated heterocycles. The third-order valence-corrected chi connectivity index (χ3v) is 7.45. The highest BCUT2D eigenvalue weighted by molar-refractivity contribution is 9.10. The fraction of sp³-hybridized carbons (Fsp3) is 0.636. The van der Waals surface area contributed by atoms with E-state index in [1.165, 1.54) is 6.26 Å². The molecular weight excluding hydrogens is 322 g/mol. The van der Waals surface area contributed by atoms with Gasteiger partial charge in [-0.2, -0.15) is 0 Å². The molecule has 0 aliphatic rings. The van der Waals surface area contributed by atoms with Crippen molar-refractivity contribution in [2.24, 2.45) is 0 Å². The lowest BCUT2D eigenvalue weighted by Gasteiger charge is -2.31. The van der Waals surface area contributed by atoms with Crippen LogP contribution >= 0.6 is 27.3 Å². The lowest BCUT2D eigenvalue weighted by Crippen LogP contribution is -2.43. The van der Waals surface area contributed by atoms with Crippen molar-refractivity contribution in [3.8, 4) is 0 Å². The average Bonchev–Trinajstić information content (AvgIpc) is 2.45. The van der Waals surface area contributed by atoms with Crippen LogP contribution in [0, 0.1) is 6.92 Å². The zero-order valence-corrected chi connectivity index (χ0v) is 13.9. The molecule has 1 N–H and O–H groups in total. The van der Waals surface area contributed by atoms with Crippen LogP contribution in [-0.4, -0.2) is 26.5 Å². The van der Waals surface area contributed by atoms with Crippen molar-refractivity contribution >= 4 is 37.1 Å². The van der Waals surface area contributed by atoms with Crippen molar-refractivity contribution in [1.82, 2.24) is 5.32 Å². The van der Waals surface area contributed by atoms with Gasteiger partial charge in [0, 0.05) is 20.5 Å². The second-order valence-electron chi connectivity index (χ2n) is 4.65. The molecule has 0 amide bonds. The van der Waals surface area contributed by atoms with Gasteiger partial charge in [0.25, 0.3) is 0 Å². The Hall–Kier alpha value is 0.0900. The summed E-state index contributed by atoms with van der Waals surface area (Å²) in [5.41, 5.74) is 0. The van der Waals surface area contributed by atoms with E-state index in [-0.39, 0.29) is 6.04 Å². The maximum absolute atomic E-state index is 11.9. The zero-order chi connectivity index (χ0) is 13.4. The van der Waals surface area contributed by atoms with E-state index in [2.05, 4.69) is 21.2 Å². The fourth-order valence-electron chi connectivity index (χ4n) is 1.67. The lowest BCUT2D eigenvalue weighted by molar-refractivity contribution is 0.451. The topological polar surface area (TPSA) is 46.2 Å². The average molecular weight is 340 g/mol. The molecular formula is C11H18BrNO2S2. The molecule has 98 valence electrons. The molecule has 17 heavy (non-hydrogen) atoms. The summed E-state index contributed by atoms with van der Waals surface area (Å²) in [6, 6.07) is 1.79. The summed E-state index contributed by atoms with van der Waals surface area (Å²) >= 11 is 5.08. The fourth-order valence-corrected chi connectivity index (χ4v) is 4.28. The molecule has 0 bridgehead atoms. The van der Waals surface area contributed by atoms with E-state index in [9.17, 15) is 8.42 Å². The van der Waals surface area contributed by atoms with Crippen molar-refractivity contribution in [3.63, 3.8) is 0 Å². The summed E-state index contributed by atoms with van der Waals surface area (Å²) in [4.78, 5) is 2.19. The molecule has 1 unspecified atom stereocenters. The highest BCUT2D eigenvalue weighted by atomic mass is 79.9. The van der Waals surface area contributed by atoms with Crippen molar-refractivity contribution in [1.29, 1.82) is 0 Å². The van der Waals surface area contributed by atoms with Crippen molar-refractivity contribution in [2.75, 3.05) is 13.3 Å². The van der Waals surface area contributed by atoms with Crippen molar-refractivity contribution in [3.05, 3.63) is 20.3 Å². The van der Waals surface area contributed by atoms with Gasteiger partial charge < -0.3 is 5.32 Å². The molecule has 1 rings (SSSR count). The molecule has 0 aromatic carbocycles. The standard InChI is InChI=1S/C11H18BrNO2S2/c1-7-8(12)6-9(16-7)10(13-4)11(2,3)17(5,14)15/h6,10,13H,1-5H3. The van der Waals surface area contributed by atoms with Gasteiger partial charge in [0.05, 0.1) is 10.8 Å². The number of halogens is 1. The number of hydrogen-bond donors (Lipinski definition) is 1. The second-order valence-corrected chi connectivity index (χ2v) is 9.39. The molecule has 0 aliphatic heterocycles. The van der Waals surface area contributed by atoms with Crippen LogP contribution in [0.15, 0.2) is 10.5 Å². The third-order valence-electron chi connectivity index (χ3n) is 3.10. The van der Waals surface area contributed by atoms with E-state index in [1.807, 2.05) is 13.0 Å². The Bertz CT molecular complexity index is 486. The van der Waals surface area contributed by atoms with E-state index in [0.717, 1.165) is 14.2 Å². The molecule has 1 atom stereocenters. The van der Waals surface area contributed by atoms with Crippen LogP contribution in [0.1, 0.15) is 29.6 Å². The molecule has 3 nitrogen and oxygen atoms in total. The maximum Gasteiger partial charge on any atom is 0.154 e. The summed E-state index contributed by atoms with van der Waals surface area (Å²) in [5, 5.41) is 3.12. The molecule has 0 radical (unpaired) electrons. The Kier molecular flexibility index (Phi) is 4.45. The molecule has 0 aliphatic carbocycles. The van der Waals surface area contributed by atoms with Crippen LogP contribution in [0.2, 0.25) is 0 Å². The number of rotatable bonds is 4. The highest BCUT2D eigenvalue weighted by Gasteiger charge is 2.40. The van der Waals surface area contributed by atoms with Crippen LogP contribution < -0.4 is 5.32 Å². The van der Waals surface area contributed by atoms with Crippen molar-refractivity contribution < 1.29 is 8.42 Å². The SMILES string of the molecule is CNC(c1cc(Br)c(C)s1)C(C)(C)S(C)(=O)=O. The normalized spacial score (nSPS) is 14.9. The van der Waals surface area contributed by atoms with E-state index in [4.69, 9.17) is 0 Å². The monoisotopic (exact) mass is 339 g/mol. The van der Waals surface area contributed by atoms with Crippen LogP contribution in [0.4, 0.5) is 0 Å². The number of hydrogen-bond acceptors (Lipinski definition) is 4. The third kappa shape index (κ3) is 2.92. The molecule has 1 aromatic rings. The smallest absolute Gasteiger partial charge is 0.154 e. The first-order chi connectivity index (χ1) is 7.61. The number of sulfone groups is 1. The molecule has 0 fully saturated rings. The van der Waals surface area contributed by atoms with Gasteiger partial charge in [-0.25, -0.2) is 8.42 Å². The zero-order valence-electron chi connectivity index (χ0n) is 10.7. The van der Waals surface area contributed by atoms with Crippen LogP contribution in [0.25, 0.3) is 0 Å². The number of thiophene rings is 1. The minimum absolute atomic E-state index is 0.201. The van der Waals surface area contributed by atoms with Gasteiger partial charge in [-0.3, -0.25) is 0 Å². The van der Waals surface area contributed by atoms with Gasteiger partial charge >= 0.3 is 0 Å². The van der Waals surface area contributed by atoms with Gasteiger partial charge in [0.1, 0.15) is 0 Å². The van der Waals surface area contributed by atoms with Crippen LogP contribution in [0.5, 0.6) is 0 Å². The highest BCUT2D eigenvalue weighted by Crippen LogP contribution is 2.38. The van der Waals surface area contributed by atoms with Gasteiger partial charge in [-0.1, -0.05) is 0 Å². The van der Waals surface area contributed by atoms with Gasteiger partial charge in [-0.15, -0.1) is 11.3 Å². The molecule has 6 heteroatoms. The Morgan fingerprint density at radius 2 is 2.00 bits per heavy atom. The maximum atomic E-state index is 11.9. The Morgan fingerprint density at radius 3 is 2.29 bits per heavy atom. The summed E-state index contributed by atoms with van der Waals surface area (Å²) in [6.07, 6.45) is 1.28. The van der Waals surface area contributed by atoms with Crippen molar-refractivity contribution in [2.45, 2.75) is 31.6 Å². The molecule has 1 aromatic heterocycles. The Labute approximate surface area is 116 Å². The number of nitrogens with one attached hydrogen (secondary N) is 1. The molecule has 0 spiro atoms. The first-order valence-corrected chi connectivity index (χ1v) is 8.74. The lowest BCUT2D eigenvalue weighted by atomic mass is 10.0. The quantitative estimate of drug-likeness (QED) is 0.917. The first-order valence-electron chi connectivity index (χ1n) is 5.24. The van der Waals surface area contributed by atoms with Crippen LogP contribution in [0.3, 0.4) is 0 Å². The Balaban J connectivity index is 3.25. The van der Waals surface area contributed by atoms with Gasteiger partial charge in [0.2, 0.25) is 0 Å². The number of aryl methyl sites for hydroxylation is 1. The van der Waals surface area contributed by atoms with E-state index >= 15 is 0 Å². The molecule has 0 saturated carbocycles. The predicted octanol–water partition coefficient (Wildman–Crippen LogP) is 2.90. The second kappa shape index (κ2) is 4.99. The summed E-state index contributed by atoms with van der Waals surface area (Å²) in [7, 11) is -1.34. The van der Waals surface area contributed by atoms with Gasteiger partial charge in [-0.05, 0) is 49.8 Å². The minimum Gasteiger partial charge on any atom is -0.311 e. The first kappa shape index (κ1) is 15.1. The summed E-state index contributed by atoms with van der Waals surface area (Å²) < 4.78 is 23.9. The Morgan fingerprint density at radius 1 is 1.47 bits per heavy atom.